The highest BCUT2D eigenvalue weighted by Gasteiger charge is 2.21. The lowest BCUT2D eigenvalue weighted by Gasteiger charge is -2.20. The van der Waals surface area contributed by atoms with Gasteiger partial charge in [-0.1, -0.05) is 0 Å². The Morgan fingerprint density at radius 2 is 2.10 bits per heavy atom. The highest BCUT2D eigenvalue weighted by molar-refractivity contribution is 6.13. The summed E-state index contributed by atoms with van der Waals surface area (Å²) in [5.41, 5.74) is 3.52. The van der Waals surface area contributed by atoms with Gasteiger partial charge >= 0.3 is 0 Å². The van der Waals surface area contributed by atoms with Gasteiger partial charge in [0.2, 0.25) is 5.88 Å². The number of methoxy groups -OCH3 is 1. The van der Waals surface area contributed by atoms with Crippen LogP contribution in [0, 0.1) is 19.2 Å². The van der Waals surface area contributed by atoms with Gasteiger partial charge in [0.1, 0.15) is 11.0 Å². The summed E-state index contributed by atoms with van der Waals surface area (Å²) in [6, 6.07) is 4.85. The van der Waals surface area contributed by atoms with Gasteiger partial charge in [0.25, 0.3) is 5.91 Å². The van der Waals surface area contributed by atoms with Crippen molar-refractivity contribution in [3.8, 4) is 5.88 Å². The molecule has 9 heteroatoms. The molecular weight excluding hydrogens is 399 g/mol. The molecule has 1 saturated heterocycles. The van der Waals surface area contributed by atoms with Crippen LogP contribution in [0.3, 0.4) is 0 Å². The number of hydrogen-bond acceptors (Lipinski definition) is 6. The predicted octanol–water partition coefficient (Wildman–Crippen LogP) is 3.40. The van der Waals surface area contributed by atoms with Crippen LogP contribution >= 0.6 is 0 Å². The Bertz CT molecular complexity index is 1310. The molecule has 157 valence electrons. The van der Waals surface area contributed by atoms with Crippen LogP contribution in [0.2, 0.25) is 0 Å². The highest BCUT2D eigenvalue weighted by atomic mass is 19.1. The quantitative estimate of drug-likeness (QED) is 0.546. The summed E-state index contributed by atoms with van der Waals surface area (Å²) in [6.45, 7) is 3.47. The fraction of sp³-hybridized carbons (Fsp3) is 0.227. The molecule has 1 N–H and O–H groups in total. The van der Waals surface area contributed by atoms with Crippen molar-refractivity contribution in [2.45, 2.75) is 13.3 Å². The second-order valence-corrected chi connectivity index (χ2v) is 7.41. The lowest BCUT2D eigenvalue weighted by molar-refractivity contribution is 0.102. The van der Waals surface area contributed by atoms with E-state index in [1.807, 2.05) is 6.07 Å². The van der Waals surface area contributed by atoms with E-state index in [2.05, 4.69) is 31.6 Å². The third-order valence-corrected chi connectivity index (χ3v) is 5.29. The van der Waals surface area contributed by atoms with Crippen molar-refractivity contribution in [3.05, 3.63) is 60.3 Å². The third-order valence-electron chi connectivity index (χ3n) is 5.29. The number of nitrogens with zero attached hydrogens (tertiary/aromatic N) is 5. The van der Waals surface area contributed by atoms with E-state index in [0.29, 0.717) is 33.9 Å². The van der Waals surface area contributed by atoms with E-state index in [1.165, 1.54) is 19.4 Å². The number of carbonyl (C=O) groups is 1. The maximum atomic E-state index is 14.4. The third kappa shape index (κ3) is 3.41. The summed E-state index contributed by atoms with van der Waals surface area (Å²) < 4.78 is 21.2. The minimum atomic E-state index is -0.513. The molecular formula is C22H20FN6O2. The summed E-state index contributed by atoms with van der Waals surface area (Å²) in [5.74, 6) is -0.544. The number of amides is 1. The Morgan fingerprint density at radius 3 is 2.87 bits per heavy atom. The monoisotopic (exact) mass is 419 g/mol. The van der Waals surface area contributed by atoms with Crippen molar-refractivity contribution in [3.63, 3.8) is 0 Å². The van der Waals surface area contributed by atoms with Crippen LogP contribution in [0.4, 0.5) is 15.8 Å². The van der Waals surface area contributed by atoms with Crippen LogP contribution in [0.15, 0.2) is 36.8 Å². The standard InChI is InChI=1S/C22H20FN6O2/c1-13-11-29-12-14(9-16(23)21(29)25-13)26-22(30)15-5-6-17(28-7-3-4-8-28)20-19(15)24-10-18(27-20)31-2/h3,5-6,9-12H,4,7-8H2,1-2H3,(H,26,30). The number of hydrogen-bond donors (Lipinski definition) is 1. The second-order valence-electron chi connectivity index (χ2n) is 7.41. The van der Waals surface area contributed by atoms with Crippen molar-refractivity contribution in [2.75, 3.05) is 30.4 Å². The smallest absolute Gasteiger partial charge is 0.257 e. The molecule has 0 spiro atoms. The first kappa shape index (κ1) is 19.2. The van der Waals surface area contributed by atoms with Gasteiger partial charge in [-0.2, -0.15) is 0 Å². The normalized spacial score (nSPS) is 13.8. The van der Waals surface area contributed by atoms with Crippen molar-refractivity contribution in [1.29, 1.82) is 0 Å². The van der Waals surface area contributed by atoms with Gasteiger partial charge in [-0.05, 0) is 31.9 Å². The first-order valence-electron chi connectivity index (χ1n) is 9.90. The summed E-state index contributed by atoms with van der Waals surface area (Å²) >= 11 is 0. The molecule has 1 radical (unpaired) electrons. The van der Waals surface area contributed by atoms with Crippen molar-refractivity contribution < 1.29 is 13.9 Å². The number of aryl methyl sites for hydroxylation is 1. The van der Waals surface area contributed by atoms with Crippen molar-refractivity contribution in [1.82, 2.24) is 19.4 Å². The molecule has 1 fully saturated rings. The maximum Gasteiger partial charge on any atom is 0.257 e. The molecule has 1 aliphatic rings. The molecule has 1 aliphatic heterocycles. The molecule has 0 aliphatic carbocycles. The number of aromatic nitrogens is 4. The Kier molecular flexibility index (Phi) is 4.65. The van der Waals surface area contributed by atoms with Crippen LogP contribution in [-0.4, -0.2) is 45.5 Å². The van der Waals surface area contributed by atoms with E-state index in [0.717, 1.165) is 25.2 Å². The van der Waals surface area contributed by atoms with Crippen molar-refractivity contribution >= 4 is 34.0 Å². The molecule has 5 rings (SSSR count). The molecule has 0 bridgehead atoms. The van der Waals surface area contributed by atoms with Gasteiger partial charge in [0.05, 0.1) is 35.9 Å². The molecule has 4 heterocycles. The number of benzene rings is 1. The van der Waals surface area contributed by atoms with Gasteiger partial charge in [-0.15, -0.1) is 0 Å². The average molecular weight is 419 g/mol. The summed E-state index contributed by atoms with van der Waals surface area (Å²) in [7, 11) is 1.53. The number of nitrogens with one attached hydrogen (secondary N) is 1. The van der Waals surface area contributed by atoms with E-state index < -0.39 is 11.7 Å². The Labute approximate surface area is 177 Å². The Morgan fingerprint density at radius 1 is 1.23 bits per heavy atom. The zero-order chi connectivity index (χ0) is 21.5. The van der Waals surface area contributed by atoms with Gasteiger partial charge in [-0.3, -0.25) is 4.79 Å². The van der Waals surface area contributed by atoms with Crippen LogP contribution in [0.5, 0.6) is 5.88 Å². The number of rotatable bonds is 4. The van der Waals surface area contributed by atoms with Crippen LogP contribution in [0.1, 0.15) is 22.5 Å². The fourth-order valence-corrected chi connectivity index (χ4v) is 3.86. The van der Waals surface area contributed by atoms with Crippen LogP contribution in [0.25, 0.3) is 16.7 Å². The summed E-state index contributed by atoms with van der Waals surface area (Å²) in [4.78, 5) is 28.4. The molecule has 3 aromatic heterocycles. The van der Waals surface area contributed by atoms with Gasteiger partial charge in [-0.25, -0.2) is 19.3 Å². The fourth-order valence-electron chi connectivity index (χ4n) is 3.86. The van der Waals surface area contributed by atoms with E-state index in [1.54, 1.807) is 29.8 Å². The highest BCUT2D eigenvalue weighted by Crippen LogP contribution is 2.31. The largest absolute Gasteiger partial charge is 0.480 e. The first-order valence-corrected chi connectivity index (χ1v) is 9.90. The zero-order valence-corrected chi connectivity index (χ0v) is 17.1. The molecule has 0 atom stereocenters. The molecule has 8 nitrogen and oxygen atoms in total. The van der Waals surface area contributed by atoms with Gasteiger partial charge in [0.15, 0.2) is 11.5 Å². The average Bonchev–Trinajstić information content (AvgIpc) is 3.42. The number of fused-ring (bicyclic) bond motifs is 2. The number of imidazole rings is 1. The molecule has 0 unspecified atom stereocenters. The number of carbonyl (C=O) groups excluding carboxylic acids is 1. The Hall–Kier alpha value is -3.75. The topological polar surface area (TPSA) is 84.6 Å². The number of ether oxygens (including phenoxy) is 1. The molecule has 1 aromatic carbocycles. The minimum Gasteiger partial charge on any atom is -0.480 e. The lowest BCUT2D eigenvalue weighted by Crippen LogP contribution is -2.20. The number of pyridine rings is 1. The van der Waals surface area contributed by atoms with Crippen LogP contribution in [-0.2, 0) is 0 Å². The van der Waals surface area contributed by atoms with E-state index in [9.17, 15) is 9.18 Å². The van der Waals surface area contributed by atoms with Gasteiger partial charge in [0, 0.05) is 31.5 Å². The summed E-state index contributed by atoms with van der Waals surface area (Å²) in [6.07, 6.45) is 8.00. The Balaban J connectivity index is 1.55. The second kappa shape index (κ2) is 7.50. The molecule has 4 aromatic rings. The zero-order valence-electron chi connectivity index (χ0n) is 17.1. The molecule has 31 heavy (non-hydrogen) atoms. The summed E-state index contributed by atoms with van der Waals surface area (Å²) in [5, 5.41) is 2.76. The number of halogens is 1. The van der Waals surface area contributed by atoms with Crippen molar-refractivity contribution in [2.24, 2.45) is 0 Å². The first-order chi connectivity index (χ1) is 15.0. The van der Waals surface area contributed by atoms with E-state index >= 15 is 0 Å². The molecule has 0 saturated carbocycles. The SMILES string of the molecule is COc1cnc2c(C(=O)Nc3cc(F)c4nc(C)cn4c3)ccc(N3C[CH]CC3)c2n1. The predicted molar refractivity (Wildman–Crippen MR) is 115 cm³/mol. The number of anilines is 2. The minimum absolute atomic E-state index is 0.214. The van der Waals surface area contributed by atoms with E-state index in [-0.39, 0.29) is 5.65 Å². The van der Waals surface area contributed by atoms with E-state index in [4.69, 9.17) is 4.74 Å². The lowest BCUT2D eigenvalue weighted by atomic mass is 10.1. The van der Waals surface area contributed by atoms with Gasteiger partial charge < -0.3 is 19.4 Å². The molecule has 1 amide bonds. The van der Waals surface area contributed by atoms with Crippen LogP contribution < -0.4 is 15.0 Å². The maximum absolute atomic E-state index is 14.4.